The van der Waals surface area contributed by atoms with Gasteiger partial charge >= 0.3 is 5.97 Å². The molecule has 0 aromatic heterocycles. The highest BCUT2D eigenvalue weighted by Crippen LogP contribution is 2.09. The number of benzene rings is 1. The standard InChI is InChI=1S/C14H18N2O4/c1-9-4-5-11(6-10(9)2)14(20)15-7-12(17)16(3)8-13(18)19/h4-6H,7-8H2,1-3H3,(H,15,20)(H,18,19). The number of carbonyl (C=O) groups is 3. The van der Waals surface area contributed by atoms with Crippen LogP contribution in [0.2, 0.25) is 0 Å². The Hall–Kier alpha value is -2.37. The van der Waals surface area contributed by atoms with E-state index in [0.29, 0.717) is 5.56 Å². The first-order valence-electron chi connectivity index (χ1n) is 6.12. The van der Waals surface area contributed by atoms with E-state index in [1.54, 1.807) is 12.1 Å². The molecule has 2 N–H and O–H groups in total. The Morgan fingerprint density at radius 2 is 1.85 bits per heavy atom. The summed E-state index contributed by atoms with van der Waals surface area (Å²) >= 11 is 0. The first kappa shape index (κ1) is 15.7. The van der Waals surface area contributed by atoms with Crippen LogP contribution in [0.4, 0.5) is 0 Å². The van der Waals surface area contributed by atoms with E-state index in [1.807, 2.05) is 19.9 Å². The molecule has 1 aromatic rings. The third-order valence-corrected chi connectivity index (χ3v) is 2.97. The number of aliphatic carboxylic acids is 1. The third-order valence-electron chi connectivity index (χ3n) is 2.97. The van der Waals surface area contributed by atoms with Gasteiger partial charge in [0, 0.05) is 12.6 Å². The van der Waals surface area contributed by atoms with E-state index in [1.165, 1.54) is 7.05 Å². The number of hydrogen-bond donors (Lipinski definition) is 2. The molecule has 0 saturated heterocycles. The van der Waals surface area contributed by atoms with Gasteiger partial charge in [0.05, 0.1) is 6.54 Å². The van der Waals surface area contributed by atoms with Crippen LogP contribution in [0.1, 0.15) is 21.5 Å². The van der Waals surface area contributed by atoms with Crippen molar-refractivity contribution < 1.29 is 19.5 Å². The zero-order chi connectivity index (χ0) is 15.3. The summed E-state index contributed by atoms with van der Waals surface area (Å²) in [6.45, 7) is 3.23. The summed E-state index contributed by atoms with van der Waals surface area (Å²) in [6.07, 6.45) is 0. The lowest BCUT2D eigenvalue weighted by molar-refractivity contribution is -0.143. The van der Waals surface area contributed by atoms with Gasteiger partial charge in [-0.25, -0.2) is 0 Å². The van der Waals surface area contributed by atoms with Crippen molar-refractivity contribution >= 4 is 17.8 Å². The first-order valence-corrected chi connectivity index (χ1v) is 6.12. The van der Waals surface area contributed by atoms with Crippen LogP contribution in [0.3, 0.4) is 0 Å². The molecule has 1 aromatic carbocycles. The minimum Gasteiger partial charge on any atom is -0.480 e. The number of hydrogen-bond acceptors (Lipinski definition) is 3. The number of rotatable bonds is 5. The Morgan fingerprint density at radius 3 is 2.40 bits per heavy atom. The number of amides is 2. The molecule has 0 saturated carbocycles. The van der Waals surface area contributed by atoms with Crippen molar-refractivity contribution in [1.82, 2.24) is 10.2 Å². The van der Waals surface area contributed by atoms with Crippen molar-refractivity contribution in [1.29, 1.82) is 0 Å². The van der Waals surface area contributed by atoms with Gasteiger partial charge in [-0.1, -0.05) is 6.07 Å². The van der Waals surface area contributed by atoms with Gasteiger partial charge in [0.2, 0.25) is 5.91 Å². The molecule has 108 valence electrons. The molecule has 0 radical (unpaired) electrons. The summed E-state index contributed by atoms with van der Waals surface area (Å²) in [7, 11) is 1.37. The zero-order valence-corrected chi connectivity index (χ0v) is 11.8. The van der Waals surface area contributed by atoms with Gasteiger partial charge in [-0.15, -0.1) is 0 Å². The van der Waals surface area contributed by atoms with Crippen LogP contribution in [0.25, 0.3) is 0 Å². The summed E-state index contributed by atoms with van der Waals surface area (Å²) in [4.78, 5) is 34.9. The van der Waals surface area contributed by atoms with Crippen LogP contribution >= 0.6 is 0 Å². The average molecular weight is 278 g/mol. The quantitative estimate of drug-likeness (QED) is 0.824. The molecule has 0 aliphatic carbocycles. The second-order valence-electron chi connectivity index (χ2n) is 4.63. The Morgan fingerprint density at radius 1 is 1.20 bits per heavy atom. The molecule has 0 unspecified atom stereocenters. The van der Waals surface area contributed by atoms with Gasteiger partial charge in [-0.2, -0.15) is 0 Å². The Balaban J connectivity index is 2.56. The monoisotopic (exact) mass is 278 g/mol. The number of carbonyl (C=O) groups excluding carboxylic acids is 2. The summed E-state index contributed by atoms with van der Waals surface area (Å²) < 4.78 is 0. The number of nitrogens with one attached hydrogen (secondary N) is 1. The van der Waals surface area contributed by atoms with E-state index in [0.717, 1.165) is 16.0 Å². The Bertz CT molecular complexity index is 540. The van der Waals surface area contributed by atoms with Crippen LogP contribution in [-0.4, -0.2) is 47.9 Å². The van der Waals surface area contributed by atoms with Crippen LogP contribution in [0.5, 0.6) is 0 Å². The Labute approximate surface area is 117 Å². The molecule has 0 fully saturated rings. The fourth-order valence-electron chi connectivity index (χ4n) is 1.57. The van der Waals surface area contributed by atoms with Gasteiger partial charge in [-0.3, -0.25) is 14.4 Å². The van der Waals surface area contributed by atoms with Crippen molar-refractivity contribution in [3.8, 4) is 0 Å². The molecular weight excluding hydrogens is 260 g/mol. The molecule has 20 heavy (non-hydrogen) atoms. The highest BCUT2D eigenvalue weighted by molar-refractivity contribution is 5.96. The van der Waals surface area contributed by atoms with E-state index >= 15 is 0 Å². The van der Waals surface area contributed by atoms with Gasteiger partial charge in [-0.05, 0) is 37.1 Å². The van der Waals surface area contributed by atoms with Crippen molar-refractivity contribution in [2.24, 2.45) is 0 Å². The maximum absolute atomic E-state index is 11.9. The zero-order valence-electron chi connectivity index (χ0n) is 11.8. The summed E-state index contributed by atoms with van der Waals surface area (Å²) in [5.41, 5.74) is 2.55. The number of carboxylic acid groups (broad SMARTS) is 1. The van der Waals surface area contributed by atoms with Gasteiger partial charge in [0.1, 0.15) is 6.54 Å². The van der Waals surface area contributed by atoms with Gasteiger partial charge < -0.3 is 15.3 Å². The Kier molecular flexibility index (Phi) is 5.25. The third kappa shape index (κ3) is 4.38. The molecule has 0 spiro atoms. The van der Waals surface area contributed by atoms with Crippen LogP contribution in [0, 0.1) is 13.8 Å². The summed E-state index contributed by atoms with van der Waals surface area (Å²) in [5.74, 6) is -1.91. The minimum absolute atomic E-state index is 0.227. The topological polar surface area (TPSA) is 86.7 Å². The SMILES string of the molecule is Cc1ccc(C(=O)NCC(=O)N(C)CC(=O)O)cc1C. The summed E-state index contributed by atoms with van der Waals surface area (Å²) in [6, 6.07) is 5.27. The van der Waals surface area contributed by atoms with E-state index in [-0.39, 0.29) is 12.5 Å². The number of aryl methyl sites for hydroxylation is 2. The predicted molar refractivity (Wildman–Crippen MR) is 73.5 cm³/mol. The van der Waals surface area contributed by atoms with E-state index in [2.05, 4.69) is 5.32 Å². The predicted octanol–water partition coefficient (Wildman–Crippen LogP) is 0.576. The molecule has 0 aliphatic rings. The van der Waals surface area contributed by atoms with Crippen LogP contribution in [0.15, 0.2) is 18.2 Å². The van der Waals surface area contributed by atoms with Gasteiger partial charge in [0.25, 0.3) is 5.91 Å². The van der Waals surface area contributed by atoms with Crippen molar-refractivity contribution in [2.45, 2.75) is 13.8 Å². The largest absolute Gasteiger partial charge is 0.480 e. The van der Waals surface area contributed by atoms with E-state index < -0.39 is 18.4 Å². The lowest BCUT2D eigenvalue weighted by Crippen LogP contribution is -2.40. The maximum atomic E-state index is 11.9. The molecule has 1 rings (SSSR count). The fraction of sp³-hybridized carbons (Fsp3) is 0.357. The first-order chi connectivity index (χ1) is 9.31. The van der Waals surface area contributed by atoms with Crippen LogP contribution in [-0.2, 0) is 9.59 Å². The highest BCUT2D eigenvalue weighted by atomic mass is 16.4. The average Bonchev–Trinajstić information content (AvgIpc) is 2.37. The lowest BCUT2D eigenvalue weighted by Gasteiger charge is -2.15. The smallest absolute Gasteiger partial charge is 0.323 e. The van der Waals surface area contributed by atoms with Crippen LogP contribution < -0.4 is 5.32 Å². The summed E-state index contributed by atoms with van der Waals surface area (Å²) in [5, 5.41) is 11.0. The fourth-order valence-corrected chi connectivity index (χ4v) is 1.57. The van der Waals surface area contributed by atoms with Gasteiger partial charge in [0.15, 0.2) is 0 Å². The normalized spacial score (nSPS) is 9.95. The molecule has 6 nitrogen and oxygen atoms in total. The second-order valence-corrected chi connectivity index (χ2v) is 4.63. The number of likely N-dealkylation sites (N-methyl/N-ethyl adjacent to an activating group) is 1. The molecule has 2 amide bonds. The van der Waals surface area contributed by atoms with Crippen molar-refractivity contribution in [3.05, 3.63) is 34.9 Å². The number of nitrogens with zero attached hydrogens (tertiary/aromatic N) is 1. The van der Waals surface area contributed by atoms with E-state index in [4.69, 9.17) is 5.11 Å². The molecule has 0 bridgehead atoms. The molecule has 0 atom stereocenters. The molecular formula is C14H18N2O4. The second kappa shape index (κ2) is 6.70. The lowest BCUT2D eigenvalue weighted by atomic mass is 10.1. The highest BCUT2D eigenvalue weighted by Gasteiger charge is 2.14. The molecule has 6 heteroatoms. The minimum atomic E-state index is -1.10. The molecule has 0 aliphatic heterocycles. The van der Waals surface area contributed by atoms with Crippen molar-refractivity contribution in [2.75, 3.05) is 20.1 Å². The van der Waals surface area contributed by atoms with Crippen molar-refractivity contribution in [3.63, 3.8) is 0 Å². The van der Waals surface area contributed by atoms with E-state index in [9.17, 15) is 14.4 Å². The number of carboxylic acids is 1. The molecule has 0 heterocycles. The maximum Gasteiger partial charge on any atom is 0.323 e.